The molecule has 0 unspecified atom stereocenters. The van der Waals surface area contributed by atoms with Gasteiger partial charge in [0.25, 0.3) is 0 Å². The second kappa shape index (κ2) is 7.60. The van der Waals surface area contributed by atoms with Gasteiger partial charge in [0.2, 0.25) is 0 Å². The molecule has 0 radical (unpaired) electrons. The van der Waals surface area contributed by atoms with Crippen molar-refractivity contribution in [1.29, 1.82) is 5.26 Å². The molecule has 0 saturated carbocycles. The van der Waals surface area contributed by atoms with E-state index >= 15 is 0 Å². The molecule has 0 aromatic heterocycles. The molecule has 0 aliphatic carbocycles. The topological polar surface area (TPSA) is 53.0 Å². The highest BCUT2D eigenvalue weighted by Gasteiger charge is 2.11. The predicted octanol–water partition coefficient (Wildman–Crippen LogP) is 3.55. The fraction of sp³-hybridized carbons (Fsp3) is 0.533. The molecule has 0 aliphatic heterocycles. The van der Waals surface area contributed by atoms with E-state index in [1.165, 1.54) is 12.8 Å². The molecule has 98 valence electrons. The minimum absolute atomic E-state index is 0.575. The Kier molecular flexibility index (Phi) is 6.07. The molecule has 3 heteroatoms. The van der Waals surface area contributed by atoms with Crippen LogP contribution in [-0.4, -0.2) is 13.1 Å². The molecule has 1 aromatic rings. The third-order valence-corrected chi connectivity index (χ3v) is 3.11. The lowest BCUT2D eigenvalue weighted by molar-refractivity contribution is 0.678. The number of nitrogens with two attached hydrogens (primary N) is 1. The van der Waals surface area contributed by atoms with Crippen molar-refractivity contribution in [3.05, 3.63) is 23.8 Å². The lowest BCUT2D eigenvalue weighted by Gasteiger charge is -2.26. The lowest BCUT2D eigenvalue weighted by atomic mass is 10.1. The number of benzene rings is 1. The van der Waals surface area contributed by atoms with Gasteiger partial charge < -0.3 is 10.6 Å². The summed E-state index contributed by atoms with van der Waals surface area (Å²) in [6.45, 7) is 6.39. The average molecular weight is 245 g/mol. The van der Waals surface area contributed by atoms with Gasteiger partial charge in [0.1, 0.15) is 6.07 Å². The summed E-state index contributed by atoms with van der Waals surface area (Å²) in [5.41, 5.74) is 8.28. The van der Waals surface area contributed by atoms with Crippen LogP contribution in [0.2, 0.25) is 0 Å². The van der Waals surface area contributed by atoms with Gasteiger partial charge in [0, 0.05) is 13.1 Å². The highest BCUT2D eigenvalue weighted by molar-refractivity contribution is 5.73. The van der Waals surface area contributed by atoms with Crippen molar-refractivity contribution in [1.82, 2.24) is 0 Å². The van der Waals surface area contributed by atoms with Crippen LogP contribution in [0.4, 0.5) is 11.4 Å². The quantitative estimate of drug-likeness (QED) is 0.747. The monoisotopic (exact) mass is 245 g/mol. The second-order valence-corrected chi connectivity index (χ2v) is 4.54. The van der Waals surface area contributed by atoms with E-state index in [0.717, 1.165) is 31.6 Å². The molecule has 3 nitrogen and oxygen atoms in total. The van der Waals surface area contributed by atoms with Crippen molar-refractivity contribution in [2.75, 3.05) is 23.7 Å². The van der Waals surface area contributed by atoms with Crippen LogP contribution in [-0.2, 0) is 0 Å². The summed E-state index contributed by atoms with van der Waals surface area (Å²) in [4.78, 5) is 2.31. The van der Waals surface area contributed by atoms with Gasteiger partial charge in [-0.05, 0) is 25.0 Å². The maximum atomic E-state index is 9.03. The van der Waals surface area contributed by atoms with Gasteiger partial charge in [-0.1, -0.05) is 32.8 Å². The van der Waals surface area contributed by atoms with Crippen molar-refractivity contribution in [2.45, 2.75) is 39.5 Å². The number of nitrogen functional groups attached to an aromatic ring is 1. The van der Waals surface area contributed by atoms with Gasteiger partial charge in [-0.2, -0.15) is 5.26 Å². The fourth-order valence-corrected chi connectivity index (χ4v) is 1.98. The van der Waals surface area contributed by atoms with Crippen LogP contribution in [0.5, 0.6) is 0 Å². The van der Waals surface area contributed by atoms with Crippen molar-refractivity contribution in [3.8, 4) is 6.07 Å². The number of rotatable bonds is 7. The molecule has 2 N–H and O–H groups in total. The summed E-state index contributed by atoms with van der Waals surface area (Å²) in [5.74, 6) is 0. The summed E-state index contributed by atoms with van der Waals surface area (Å²) in [6, 6.07) is 7.85. The van der Waals surface area contributed by atoms with E-state index in [9.17, 15) is 0 Å². The Morgan fingerprint density at radius 2 is 1.78 bits per heavy atom. The first-order valence-electron chi connectivity index (χ1n) is 6.78. The number of nitriles is 1. The van der Waals surface area contributed by atoms with E-state index in [1.807, 2.05) is 12.1 Å². The Bertz CT molecular complexity index is 399. The zero-order valence-electron chi connectivity index (χ0n) is 11.4. The van der Waals surface area contributed by atoms with Crippen molar-refractivity contribution in [2.24, 2.45) is 0 Å². The summed E-state index contributed by atoms with van der Waals surface area (Å²) in [6.07, 6.45) is 4.64. The molecule has 18 heavy (non-hydrogen) atoms. The standard InChI is InChI=1S/C15H23N3/c1-3-5-10-18(11-6-4-2)14-9-7-8-13(12-16)15(14)17/h7-9H,3-6,10-11,17H2,1-2H3. The molecule has 0 aliphatic rings. The van der Waals surface area contributed by atoms with Gasteiger partial charge in [0.05, 0.1) is 16.9 Å². The first-order valence-corrected chi connectivity index (χ1v) is 6.78. The van der Waals surface area contributed by atoms with Crippen molar-refractivity contribution in [3.63, 3.8) is 0 Å². The number of unbranched alkanes of at least 4 members (excludes halogenated alkanes) is 2. The van der Waals surface area contributed by atoms with Gasteiger partial charge >= 0.3 is 0 Å². The molecule has 0 atom stereocenters. The first kappa shape index (κ1) is 14.4. The Labute approximate surface area is 110 Å². The maximum Gasteiger partial charge on any atom is 0.101 e. The number of nitrogens with zero attached hydrogens (tertiary/aromatic N) is 2. The molecular formula is C15H23N3. The fourth-order valence-electron chi connectivity index (χ4n) is 1.98. The van der Waals surface area contributed by atoms with Crippen molar-refractivity contribution >= 4 is 11.4 Å². The Balaban J connectivity index is 2.93. The number of hydrogen-bond acceptors (Lipinski definition) is 3. The number of para-hydroxylation sites is 1. The Morgan fingerprint density at radius 1 is 1.17 bits per heavy atom. The van der Waals surface area contributed by atoms with Crippen LogP contribution in [0, 0.1) is 11.3 Å². The molecule has 0 heterocycles. The molecular weight excluding hydrogens is 222 g/mol. The van der Waals surface area contributed by atoms with Crippen LogP contribution in [0.25, 0.3) is 0 Å². The normalized spacial score (nSPS) is 10.1. The van der Waals surface area contributed by atoms with E-state index in [4.69, 9.17) is 11.0 Å². The minimum Gasteiger partial charge on any atom is -0.396 e. The molecule has 0 amide bonds. The van der Waals surface area contributed by atoms with Gasteiger partial charge in [0.15, 0.2) is 0 Å². The van der Waals surface area contributed by atoms with Crippen LogP contribution in [0.1, 0.15) is 45.1 Å². The summed E-state index contributed by atoms with van der Waals surface area (Å²) in [7, 11) is 0. The molecule has 1 rings (SSSR count). The molecule has 0 bridgehead atoms. The van der Waals surface area contributed by atoms with E-state index < -0.39 is 0 Å². The van der Waals surface area contributed by atoms with Crippen LogP contribution < -0.4 is 10.6 Å². The summed E-state index contributed by atoms with van der Waals surface area (Å²) < 4.78 is 0. The van der Waals surface area contributed by atoms with Gasteiger partial charge in [-0.15, -0.1) is 0 Å². The van der Waals surface area contributed by atoms with E-state index in [0.29, 0.717) is 11.3 Å². The average Bonchev–Trinajstić information content (AvgIpc) is 2.40. The molecule has 0 fully saturated rings. The zero-order chi connectivity index (χ0) is 13.4. The smallest absolute Gasteiger partial charge is 0.101 e. The van der Waals surface area contributed by atoms with Gasteiger partial charge in [-0.25, -0.2) is 0 Å². The van der Waals surface area contributed by atoms with E-state index in [1.54, 1.807) is 6.07 Å². The largest absolute Gasteiger partial charge is 0.396 e. The molecule has 0 spiro atoms. The highest BCUT2D eigenvalue weighted by atomic mass is 15.1. The third-order valence-electron chi connectivity index (χ3n) is 3.11. The van der Waals surface area contributed by atoms with Crippen molar-refractivity contribution < 1.29 is 0 Å². The van der Waals surface area contributed by atoms with E-state index in [-0.39, 0.29) is 0 Å². The van der Waals surface area contributed by atoms with Crippen LogP contribution in [0.15, 0.2) is 18.2 Å². The summed E-state index contributed by atoms with van der Waals surface area (Å²) in [5, 5.41) is 9.03. The third kappa shape index (κ3) is 3.66. The predicted molar refractivity (Wildman–Crippen MR) is 77.6 cm³/mol. The molecule has 0 saturated heterocycles. The first-order chi connectivity index (χ1) is 8.74. The van der Waals surface area contributed by atoms with Crippen LogP contribution in [0.3, 0.4) is 0 Å². The highest BCUT2D eigenvalue weighted by Crippen LogP contribution is 2.26. The number of anilines is 2. The SMILES string of the molecule is CCCCN(CCCC)c1cccc(C#N)c1N. The van der Waals surface area contributed by atoms with Gasteiger partial charge in [-0.3, -0.25) is 0 Å². The van der Waals surface area contributed by atoms with E-state index in [2.05, 4.69) is 24.8 Å². The zero-order valence-corrected chi connectivity index (χ0v) is 11.4. The Morgan fingerprint density at radius 3 is 2.28 bits per heavy atom. The molecule has 1 aromatic carbocycles. The number of hydrogen-bond donors (Lipinski definition) is 1. The second-order valence-electron chi connectivity index (χ2n) is 4.54. The summed E-state index contributed by atoms with van der Waals surface area (Å²) >= 11 is 0. The maximum absolute atomic E-state index is 9.03. The van der Waals surface area contributed by atoms with Crippen LogP contribution >= 0.6 is 0 Å². The Hall–Kier alpha value is -1.69. The lowest BCUT2D eigenvalue weighted by Crippen LogP contribution is -2.26. The minimum atomic E-state index is 0.575.